The first-order chi connectivity index (χ1) is 14.1. The molecule has 0 aliphatic carbocycles. The van der Waals surface area contributed by atoms with Crippen molar-refractivity contribution in [2.24, 2.45) is 0 Å². The summed E-state index contributed by atoms with van der Waals surface area (Å²) in [5.74, 6) is 2.00. The third-order valence-electron chi connectivity index (χ3n) is 5.57. The molecule has 1 fully saturated rings. The number of nitrogens with zero attached hydrogens (tertiary/aromatic N) is 2. The highest BCUT2D eigenvalue weighted by Gasteiger charge is 2.25. The first-order valence-electron chi connectivity index (χ1n) is 9.88. The standard InChI is InChI=1S/C22H27N3O4/c1-24-9-11-25(12-10-24)19(16-3-6-18(27-2)7-4-16)14-23-22(26)17-5-8-20-21(13-17)29-15-28-20/h3-8,13,19H,9-12,14-15H2,1-2H3,(H,23,26). The second kappa shape index (κ2) is 8.71. The first-order valence-corrected chi connectivity index (χ1v) is 9.88. The molecule has 29 heavy (non-hydrogen) atoms. The Hall–Kier alpha value is -2.77. The molecule has 4 rings (SSSR count). The average Bonchev–Trinajstić information content (AvgIpc) is 3.23. The Balaban J connectivity index is 1.47. The van der Waals surface area contributed by atoms with Crippen LogP contribution in [0.3, 0.4) is 0 Å². The summed E-state index contributed by atoms with van der Waals surface area (Å²) < 4.78 is 16.0. The van der Waals surface area contributed by atoms with Crippen LogP contribution in [0.1, 0.15) is 22.0 Å². The second-order valence-corrected chi connectivity index (χ2v) is 7.41. The third-order valence-corrected chi connectivity index (χ3v) is 5.57. The normalized spacial score (nSPS) is 17.7. The van der Waals surface area contributed by atoms with E-state index in [-0.39, 0.29) is 18.7 Å². The van der Waals surface area contributed by atoms with Crippen LogP contribution in [0.2, 0.25) is 0 Å². The van der Waals surface area contributed by atoms with Crippen molar-refractivity contribution in [2.75, 3.05) is 53.7 Å². The predicted octanol–water partition coefficient (Wildman–Crippen LogP) is 2.14. The number of methoxy groups -OCH3 is 1. The minimum atomic E-state index is -0.115. The van der Waals surface area contributed by atoms with Gasteiger partial charge in [-0.3, -0.25) is 9.69 Å². The summed E-state index contributed by atoms with van der Waals surface area (Å²) in [7, 11) is 3.81. The van der Waals surface area contributed by atoms with Gasteiger partial charge in [-0.1, -0.05) is 12.1 Å². The van der Waals surface area contributed by atoms with E-state index in [1.807, 2.05) is 12.1 Å². The Labute approximate surface area is 171 Å². The SMILES string of the molecule is COc1ccc(C(CNC(=O)c2ccc3c(c2)OCO3)N2CCN(C)CC2)cc1. The Morgan fingerprint density at radius 3 is 2.52 bits per heavy atom. The molecule has 2 aromatic rings. The molecule has 7 heteroatoms. The zero-order valence-electron chi connectivity index (χ0n) is 16.9. The summed E-state index contributed by atoms with van der Waals surface area (Å²) in [4.78, 5) is 17.5. The minimum Gasteiger partial charge on any atom is -0.497 e. The van der Waals surface area contributed by atoms with E-state index in [1.165, 1.54) is 5.56 Å². The van der Waals surface area contributed by atoms with Crippen LogP contribution in [0.15, 0.2) is 42.5 Å². The van der Waals surface area contributed by atoms with Crippen molar-refractivity contribution in [3.05, 3.63) is 53.6 Å². The van der Waals surface area contributed by atoms with Gasteiger partial charge in [-0.05, 0) is 42.9 Å². The number of fused-ring (bicyclic) bond motifs is 1. The van der Waals surface area contributed by atoms with Gasteiger partial charge in [0.25, 0.3) is 5.91 Å². The lowest BCUT2D eigenvalue weighted by molar-refractivity contribution is 0.0886. The van der Waals surface area contributed by atoms with E-state index in [9.17, 15) is 4.79 Å². The van der Waals surface area contributed by atoms with E-state index in [1.54, 1.807) is 25.3 Å². The number of rotatable bonds is 6. The molecule has 0 saturated carbocycles. The number of nitrogens with one attached hydrogen (secondary N) is 1. The number of carbonyl (C=O) groups is 1. The summed E-state index contributed by atoms with van der Waals surface area (Å²) in [5.41, 5.74) is 1.74. The maximum atomic E-state index is 12.8. The fraction of sp³-hybridized carbons (Fsp3) is 0.409. The highest BCUT2D eigenvalue weighted by molar-refractivity contribution is 5.95. The lowest BCUT2D eigenvalue weighted by atomic mass is 10.0. The smallest absolute Gasteiger partial charge is 0.251 e. The van der Waals surface area contributed by atoms with E-state index in [0.717, 1.165) is 31.9 Å². The molecule has 1 saturated heterocycles. The van der Waals surface area contributed by atoms with Gasteiger partial charge in [0.05, 0.1) is 13.2 Å². The molecule has 2 aliphatic rings. The number of likely N-dealkylation sites (N-methyl/N-ethyl adjacent to an activating group) is 1. The fourth-order valence-electron chi connectivity index (χ4n) is 3.75. The summed E-state index contributed by atoms with van der Waals surface area (Å²) >= 11 is 0. The Bertz CT molecular complexity index is 848. The molecular weight excluding hydrogens is 370 g/mol. The lowest BCUT2D eigenvalue weighted by Crippen LogP contribution is -2.48. The molecule has 0 aromatic heterocycles. The highest BCUT2D eigenvalue weighted by Crippen LogP contribution is 2.32. The Kier molecular flexibility index (Phi) is 5.87. The van der Waals surface area contributed by atoms with Gasteiger partial charge in [0.15, 0.2) is 11.5 Å². The molecule has 154 valence electrons. The van der Waals surface area contributed by atoms with Crippen LogP contribution in [0.5, 0.6) is 17.2 Å². The molecule has 0 radical (unpaired) electrons. The Morgan fingerprint density at radius 2 is 1.79 bits per heavy atom. The maximum Gasteiger partial charge on any atom is 0.251 e. The van der Waals surface area contributed by atoms with Crippen molar-refractivity contribution in [3.63, 3.8) is 0 Å². The minimum absolute atomic E-state index is 0.104. The monoisotopic (exact) mass is 397 g/mol. The lowest BCUT2D eigenvalue weighted by Gasteiger charge is -2.38. The molecular formula is C22H27N3O4. The van der Waals surface area contributed by atoms with Crippen LogP contribution in [0, 0.1) is 0 Å². The van der Waals surface area contributed by atoms with Crippen molar-refractivity contribution in [1.82, 2.24) is 15.1 Å². The largest absolute Gasteiger partial charge is 0.497 e. The number of benzene rings is 2. The van der Waals surface area contributed by atoms with Gasteiger partial charge in [-0.2, -0.15) is 0 Å². The van der Waals surface area contributed by atoms with Crippen molar-refractivity contribution in [2.45, 2.75) is 6.04 Å². The van der Waals surface area contributed by atoms with Crippen LogP contribution in [0.25, 0.3) is 0 Å². The zero-order valence-corrected chi connectivity index (χ0v) is 16.9. The summed E-state index contributed by atoms with van der Waals surface area (Å²) in [6, 6.07) is 13.5. The molecule has 2 heterocycles. The zero-order chi connectivity index (χ0) is 20.2. The first kappa shape index (κ1) is 19.5. The van der Waals surface area contributed by atoms with Crippen molar-refractivity contribution in [1.29, 1.82) is 0 Å². The van der Waals surface area contributed by atoms with Crippen molar-refractivity contribution < 1.29 is 19.0 Å². The van der Waals surface area contributed by atoms with Crippen LogP contribution >= 0.6 is 0 Å². The van der Waals surface area contributed by atoms with E-state index in [2.05, 4.69) is 34.3 Å². The van der Waals surface area contributed by atoms with Gasteiger partial charge in [0, 0.05) is 38.3 Å². The summed E-state index contributed by atoms with van der Waals surface area (Å²) in [5, 5.41) is 3.10. The van der Waals surface area contributed by atoms with E-state index in [0.29, 0.717) is 23.6 Å². The molecule has 1 amide bonds. The second-order valence-electron chi connectivity index (χ2n) is 7.41. The van der Waals surface area contributed by atoms with E-state index in [4.69, 9.17) is 14.2 Å². The summed E-state index contributed by atoms with van der Waals surface area (Å²) in [6.45, 7) is 4.69. The van der Waals surface area contributed by atoms with Gasteiger partial charge < -0.3 is 24.4 Å². The van der Waals surface area contributed by atoms with E-state index >= 15 is 0 Å². The van der Waals surface area contributed by atoms with Gasteiger partial charge in [-0.25, -0.2) is 0 Å². The topological polar surface area (TPSA) is 63.3 Å². The van der Waals surface area contributed by atoms with Crippen molar-refractivity contribution in [3.8, 4) is 17.2 Å². The highest BCUT2D eigenvalue weighted by atomic mass is 16.7. The predicted molar refractivity (Wildman–Crippen MR) is 110 cm³/mol. The van der Waals surface area contributed by atoms with Gasteiger partial charge >= 0.3 is 0 Å². The third kappa shape index (κ3) is 4.46. The summed E-state index contributed by atoms with van der Waals surface area (Å²) in [6.07, 6.45) is 0. The number of carbonyl (C=O) groups excluding carboxylic acids is 1. The molecule has 0 spiro atoms. The molecule has 1 unspecified atom stereocenters. The van der Waals surface area contributed by atoms with E-state index < -0.39 is 0 Å². The number of hydrogen-bond acceptors (Lipinski definition) is 6. The molecule has 1 N–H and O–H groups in total. The molecule has 2 aliphatic heterocycles. The number of ether oxygens (including phenoxy) is 3. The van der Waals surface area contributed by atoms with Crippen LogP contribution in [-0.2, 0) is 0 Å². The number of piperazine rings is 1. The Morgan fingerprint density at radius 1 is 1.07 bits per heavy atom. The molecule has 1 atom stereocenters. The van der Waals surface area contributed by atoms with Crippen LogP contribution in [-0.4, -0.2) is 69.4 Å². The van der Waals surface area contributed by atoms with Gasteiger partial charge in [-0.15, -0.1) is 0 Å². The maximum absolute atomic E-state index is 12.8. The quantitative estimate of drug-likeness (QED) is 0.806. The van der Waals surface area contributed by atoms with Crippen molar-refractivity contribution >= 4 is 5.91 Å². The van der Waals surface area contributed by atoms with Crippen LogP contribution < -0.4 is 19.5 Å². The van der Waals surface area contributed by atoms with Crippen LogP contribution in [0.4, 0.5) is 0 Å². The van der Waals surface area contributed by atoms with Gasteiger partial charge in [0.1, 0.15) is 5.75 Å². The molecule has 7 nitrogen and oxygen atoms in total. The van der Waals surface area contributed by atoms with Gasteiger partial charge in [0.2, 0.25) is 6.79 Å². The average molecular weight is 397 g/mol. The molecule has 2 aromatic carbocycles. The number of amides is 1. The molecule has 0 bridgehead atoms. The number of hydrogen-bond donors (Lipinski definition) is 1. The fourth-order valence-corrected chi connectivity index (χ4v) is 3.75.